The molecule has 0 saturated heterocycles. The van der Waals surface area contributed by atoms with Crippen LogP contribution in [0, 0.1) is 0 Å². The van der Waals surface area contributed by atoms with Gasteiger partial charge in [0.05, 0.1) is 0 Å². The van der Waals surface area contributed by atoms with Crippen LogP contribution in [0.4, 0.5) is 5.69 Å². The topological polar surface area (TPSA) is 46.3 Å². The molecule has 98 valence electrons. The van der Waals surface area contributed by atoms with Crippen LogP contribution in [0.3, 0.4) is 0 Å². The summed E-state index contributed by atoms with van der Waals surface area (Å²) in [7, 11) is 0. The summed E-state index contributed by atoms with van der Waals surface area (Å²) in [5.74, 6) is 0.161. The second-order valence-corrected chi connectivity index (χ2v) is 5.20. The van der Waals surface area contributed by atoms with E-state index in [0.717, 1.165) is 24.9 Å². The number of nitrogens with two attached hydrogens (primary N) is 1. The van der Waals surface area contributed by atoms with Crippen molar-refractivity contribution in [2.24, 2.45) is 5.73 Å². The normalized spacial score (nSPS) is 19.7. The summed E-state index contributed by atoms with van der Waals surface area (Å²) in [6.07, 6.45) is 3.34. The molecule has 18 heavy (non-hydrogen) atoms. The molecule has 0 aliphatic carbocycles. The molecular formula is C15H22N2O. The molecular weight excluding hydrogens is 224 g/mol. The maximum atomic E-state index is 12.3. The number of amides is 1. The summed E-state index contributed by atoms with van der Waals surface area (Å²) < 4.78 is 0. The zero-order chi connectivity index (χ0) is 13.1. The zero-order valence-corrected chi connectivity index (χ0v) is 11.2. The zero-order valence-electron chi connectivity index (χ0n) is 11.2. The van der Waals surface area contributed by atoms with Crippen molar-refractivity contribution >= 4 is 11.6 Å². The molecule has 2 atom stereocenters. The van der Waals surface area contributed by atoms with Gasteiger partial charge in [-0.3, -0.25) is 4.79 Å². The van der Waals surface area contributed by atoms with Crippen LogP contribution in [0.5, 0.6) is 0 Å². The molecule has 2 rings (SSSR count). The lowest BCUT2D eigenvalue weighted by Crippen LogP contribution is -2.39. The molecule has 0 radical (unpaired) electrons. The average Bonchev–Trinajstić information content (AvgIpc) is 2.64. The highest BCUT2D eigenvalue weighted by atomic mass is 16.2. The molecule has 1 aliphatic rings. The van der Waals surface area contributed by atoms with Crippen molar-refractivity contribution in [1.29, 1.82) is 0 Å². The number of hydrogen-bond donors (Lipinski definition) is 1. The number of para-hydroxylation sites is 1. The summed E-state index contributed by atoms with van der Waals surface area (Å²) in [5, 5.41) is 0. The van der Waals surface area contributed by atoms with Gasteiger partial charge in [0.15, 0.2) is 0 Å². The van der Waals surface area contributed by atoms with Gasteiger partial charge >= 0.3 is 0 Å². The molecule has 0 aromatic heterocycles. The van der Waals surface area contributed by atoms with Crippen molar-refractivity contribution < 1.29 is 4.79 Å². The fourth-order valence-corrected chi connectivity index (χ4v) is 2.74. The number of anilines is 1. The third-order valence-corrected chi connectivity index (χ3v) is 3.57. The van der Waals surface area contributed by atoms with E-state index in [9.17, 15) is 4.79 Å². The predicted octanol–water partition coefficient (Wildman–Crippen LogP) is 2.48. The summed E-state index contributed by atoms with van der Waals surface area (Å²) in [6, 6.07) is 8.39. The number of fused-ring (bicyclic) bond motifs is 1. The Morgan fingerprint density at radius 2 is 2.22 bits per heavy atom. The molecule has 0 bridgehead atoms. The minimum atomic E-state index is -0.0116. The smallest absolute Gasteiger partial charge is 0.228 e. The number of benzene rings is 1. The third kappa shape index (κ3) is 2.56. The van der Waals surface area contributed by atoms with Crippen LogP contribution in [0.1, 0.15) is 38.7 Å². The van der Waals surface area contributed by atoms with Crippen molar-refractivity contribution in [3.63, 3.8) is 0 Å². The Labute approximate surface area is 109 Å². The molecule has 0 saturated carbocycles. The molecule has 1 aromatic carbocycles. The van der Waals surface area contributed by atoms with Crippen LogP contribution in [0.15, 0.2) is 24.3 Å². The van der Waals surface area contributed by atoms with Crippen molar-refractivity contribution in [3.8, 4) is 0 Å². The number of nitrogens with zero attached hydrogens (tertiary/aromatic N) is 1. The molecule has 1 aliphatic heterocycles. The Balaban J connectivity index is 2.11. The fraction of sp³-hybridized carbons (Fsp3) is 0.533. The molecule has 0 spiro atoms. The van der Waals surface area contributed by atoms with E-state index in [1.807, 2.05) is 23.1 Å². The van der Waals surface area contributed by atoms with Gasteiger partial charge in [-0.25, -0.2) is 0 Å². The van der Waals surface area contributed by atoms with Crippen LogP contribution >= 0.6 is 0 Å². The largest absolute Gasteiger partial charge is 0.327 e. The van der Waals surface area contributed by atoms with E-state index in [1.54, 1.807) is 0 Å². The van der Waals surface area contributed by atoms with Gasteiger partial charge in [-0.05, 0) is 31.4 Å². The quantitative estimate of drug-likeness (QED) is 0.887. The van der Waals surface area contributed by atoms with Crippen LogP contribution in [-0.4, -0.2) is 18.0 Å². The number of hydrogen-bond acceptors (Lipinski definition) is 2. The van der Waals surface area contributed by atoms with Gasteiger partial charge in [0.25, 0.3) is 0 Å². The first-order valence-corrected chi connectivity index (χ1v) is 6.79. The van der Waals surface area contributed by atoms with Crippen molar-refractivity contribution in [2.75, 3.05) is 4.90 Å². The van der Waals surface area contributed by atoms with E-state index in [1.165, 1.54) is 5.56 Å². The summed E-state index contributed by atoms with van der Waals surface area (Å²) in [5.41, 5.74) is 8.31. The SMILES string of the molecule is CCCC(N)CC(=O)N1c2ccccc2CC1C. The Morgan fingerprint density at radius 1 is 1.50 bits per heavy atom. The molecule has 3 heteroatoms. The van der Waals surface area contributed by atoms with E-state index < -0.39 is 0 Å². The lowest BCUT2D eigenvalue weighted by molar-refractivity contribution is -0.119. The number of carbonyl (C=O) groups excluding carboxylic acids is 1. The molecule has 1 amide bonds. The van der Waals surface area contributed by atoms with E-state index >= 15 is 0 Å². The maximum absolute atomic E-state index is 12.3. The number of carbonyl (C=O) groups is 1. The van der Waals surface area contributed by atoms with Crippen LogP contribution in [0.2, 0.25) is 0 Å². The van der Waals surface area contributed by atoms with Crippen molar-refractivity contribution in [3.05, 3.63) is 29.8 Å². The van der Waals surface area contributed by atoms with Gasteiger partial charge in [0, 0.05) is 24.2 Å². The minimum Gasteiger partial charge on any atom is -0.327 e. The van der Waals surface area contributed by atoms with E-state index in [0.29, 0.717) is 6.42 Å². The molecule has 2 unspecified atom stereocenters. The first kappa shape index (κ1) is 13.1. The van der Waals surface area contributed by atoms with Gasteiger partial charge in [0.2, 0.25) is 5.91 Å². The monoisotopic (exact) mass is 246 g/mol. The predicted molar refractivity (Wildman–Crippen MR) is 74.6 cm³/mol. The maximum Gasteiger partial charge on any atom is 0.228 e. The molecule has 1 heterocycles. The molecule has 2 N–H and O–H groups in total. The van der Waals surface area contributed by atoms with Crippen LogP contribution < -0.4 is 10.6 Å². The van der Waals surface area contributed by atoms with Gasteiger partial charge in [0.1, 0.15) is 0 Å². The highest BCUT2D eigenvalue weighted by Crippen LogP contribution is 2.32. The Hall–Kier alpha value is -1.35. The van der Waals surface area contributed by atoms with E-state index in [2.05, 4.69) is 19.9 Å². The third-order valence-electron chi connectivity index (χ3n) is 3.57. The lowest BCUT2D eigenvalue weighted by Gasteiger charge is -2.24. The second kappa shape index (κ2) is 5.53. The summed E-state index contributed by atoms with van der Waals surface area (Å²) >= 11 is 0. The second-order valence-electron chi connectivity index (χ2n) is 5.20. The lowest BCUT2D eigenvalue weighted by atomic mass is 10.1. The Morgan fingerprint density at radius 3 is 2.94 bits per heavy atom. The molecule has 0 fully saturated rings. The first-order valence-electron chi connectivity index (χ1n) is 6.79. The number of rotatable bonds is 4. The highest BCUT2D eigenvalue weighted by Gasteiger charge is 2.30. The first-order chi connectivity index (χ1) is 8.63. The van der Waals surface area contributed by atoms with Crippen LogP contribution in [0.25, 0.3) is 0 Å². The van der Waals surface area contributed by atoms with Gasteiger partial charge in [-0.2, -0.15) is 0 Å². The highest BCUT2D eigenvalue weighted by molar-refractivity contribution is 5.96. The summed E-state index contributed by atoms with van der Waals surface area (Å²) in [4.78, 5) is 14.3. The summed E-state index contributed by atoms with van der Waals surface area (Å²) in [6.45, 7) is 4.20. The van der Waals surface area contributed by atoms with Gasteiger partial charge in [-0.1, -0.05) is 31.5 Å². The average molecular weight is 246 g/mol. The Kier molecular flexibility index (Phi) is 4.02. The fourth-order valence-electron chi connectivity index (χ4n) is 2.74. The van der Waals surface area contributed by atoms with Crippen LogP contribution in [-0.2, 0) is 11.2 Å². The molecule has 1 aromatic rings. The molecule has 3 nitrogen and oxygen atoms in total. The van der Waals surface area contributed by atoms with Crippen molar-refractivity contribution in [2.45, 2.75) is 51.6 Å². The van der Waals surface area contributed by atoms with Gasteiger partial charge < -0.3 is 10.6 Å². The van der Waals surface area contributed by atoms with Gasteiger partial charge in [-0.15, -0.1) is 0 Å². The Bertz CT molecular complexity index is 430. The minimum absolute atomic E-state index is 0.0116. The van der Waals surface area contributed by atoms with E-state index in [-0.39, 0.29) is 18.0 Å². The van der Waals surface area contributed by atoms with Crippen molar-refractivity contribution in [1.82, 2.24) is 0 Å². The standard InChI is InChI=1S/C15H22N2O/c1-3-6-13(16)10-15(18)17-11(2)9-12-7-4-5-8-14(12)17/h4-5,7-8,11,13H,3,6,9-10,16H2,1-2H3. The van der Waals surface area contributed by atoms with E-state index in [4.69, 9.17) is 5.73 Å².